The molecule has 1 aliphatic rings. The number of hydrogen-bond acceptors (Lipinski definition) is 0. The molecule has 0 amide bonds. The van der Waals surface area contributed by atoms with Crippen LogP contribution in [0.1, 0.15) is 34.6 Å². The molecule has 1 atom stereocenters. The van der Waals surface area contributed by atoms with Crippen molar-refractivity contribution in [2.24, 2.45) is 5.92 Å². The van der Waals surface area contributed by atoms with Crippen molar-refractivity contribution in [3.63, 3.8) is 0 Å². The summed E-state index contributed by atoms with van der Waals surface area (Å²) in [7, 11) is 0.750. The van der Waals surface area contributed by atoms with Crippen molar-refractivity contribution in [3.05, 3.63) is 29.5 Å². The maximum absolute atomic E-state index is 6.94. The summed E-state index contributed by atoms with van der Waals surface area (Å²) >= 11 is 0. The van der Waals surface area contributed by atoms with Crippen LogP contribution in [0.25, 0.3) is 5.73 Å². The zero-order valence-corrected chi connectivity index (χ0v) is 17.0. The van der Waals surface area contributed by atoms with Gasteiger partial charge in [0.2, 0.25) is 0 Å². The molecule has 1 aliphatic carbocycles. The topological polar surface area (TPSA) is 23.8 Å². The Morgan fingerprint density at radius 2 is 1.50 bits per heavy atom. The molecule has 18 heavy (non-hydrogen) atoms. The van der Waals surface area contributed by atoms with Crippen molar-refractivity contribution in [1.29, 1.82) is 0 Å². The van der Waals surface area contributed by atoms with Crippen molar-refractivity contribution in [3.8, 4) is 0 Å². The van der Waals surface area contributed by atoms with E-state index in [9.17, 15) is 0 Å². The Hall–Kier alpha value is 0.951. The van der Waals surface area contributed by atoms with Crippen molar-refractivity contribution >= 4 is 34.3 Å². The van der Waals surface area contributed by atoms with Crippen LogP contribution in [-0.4, -0.2) is 15.1 Å². The van der Waals surface area contributed by atoms with Gasteiger partial charge in [0.25, 0.3) is 0 Å². The van der Waals surface area contributed by atoms with Crippen LogP contribution < -0.4 is 0 Å². The second-order valence-electron chi connectivity index (χ2n) is 4.80. The minimum absolute atomic E-state index is 0. The van der Waals surface area contributed by atoms with Gasteiger partial charge in [-0.25, -0.2) is 11.6 Å². The maximum Gasteiger partial charge on any atom is 2.00 e. The predicted molar refractivity (Wildman–Crippen MR) is 88.2 cm³/mol. The van der Waals surface area contributed by atoms with E-state index in [0.717, 1.165) is 9.52 Å². The van der Waals surface area contributed by atoms with Crippen LogP contribution in [0.5, 0.6) is 0 Å². The van der Waals surface area contributed by atoms with Gasteiger partial charge in [0, 0.05) is 9.52 Å². The van der Waals surface area contributed by atoms with E-state index in [-0.39, 0.29) is 52.1 Å². The van der Waals surface area contributed by atoms with Crippen molar-refractivity contribution in [2.45, 2.75) is 53.3 Å². The zero-order valence-electron chi connectivity index (χ0n) is 12.6. The van der Waals surface area contributed by atoms with Gasteiger partial charge in [0.15, 0.2) is 0 Å². The molecule has 0 saturated heterocycles. The number of nitrogens with one attached hydrogen (secondary N) is 1. The van der Waals surface area contributed by atoms with Gasteiger partial charge in [-0.15, -0.1) is 30.4 Å². The summed E-state index contributed by atoms with van der Waals surface area (Å²) in [5.74, 6) is 0.556. The maximum atomic E-state index is 6.94. The third kappa shape index (κ3) is 43.6. The Labute approximate surface area is 144 Å². The van der Waals surface area contributed by atoms with Gasteiger partial charge in [-0.1, -0.05) is 53.6 Å². The summed E-state index contributed by atoms with van der Waals surface area (Å²) in [5.41, 5.74) is 7.96. The Morgan fingerprint density at radius 1 is 1.22 bits per heavy atom. The van der Waals surface area contributed by atoms with Gasteiger partial charge in [-0.3, -0.25) is 6.08 Å². The average molecular weight is 345 g/mol. The molecule has 1 N–H and O–H groups in total. The summed E-state index contributed by atoms with van der Waals surface area (Å²) in [6, 6.07) is 0. The summed E-state index contributed by atoms with van der Waals surface area (Å²) < 4.78 is 0. The first-order valence-electron chi connectivity index (χ1n) is 5.48. The second-order valence-corrected chi connectivity index (χ2v) is 5.96. The monoisotopic (exact) mass is 344 g/mol. The van der Waals surface area contributed by atoms with Crippen LogP contribution in [-0.2, 0) is 21.7 Å². The fraction of sp³-hybridized carbons (Fsp3) is 0.692. The summed E-state index contributed by atoms with van der Waals surface area (Å²) in [6.07, 6.45) is 7.47. The molecule has 0 aromatic rings. The standard InChI is InChI=1S/C7H9.C4H10N.C2H7Si.2ClH.Ti/c1-6-3-4-7(2)5-6;1-4(2,3)5;1-3-2;;;/h3-4,6H,1-2H3;5H,1-3H3;3H,1-2H3;2*1H;/q2*-1;;;;+2. The molecular formula is C13H28Cl2NSiTi. The van der Waals surface area contributed by atoms with E-state index in [1.807, 2.05) is 20.8 Å². The van der Waals surface area contributed by atoms with Crippen LogP contribution in [0.4, 0.5) is 0 Å². The average Bonchev–Trinajstić information content (AvgIpc) is 2.32. The molecule has 0 fully saturated rings. The van der Waals surface area contributed by atoms with Gasteiger partial charge in [-0.2, -0.15) is 6.08 Å². The smallest absolute Gasteiger partial charge is 0.673 e. The van der Waals surface area contributed by atoms with Crippen molar-refractivity contribution < 1.29 is 21.7 Å². The molecule has 0 spiro atoms. The molecule has 1 nitrogen and oxygen atoms in total. The molecule has 1 rings (SSSR count). The minimum Gasteiger partial charge on any atom is -0.673 e. The number of halogens is 2. The van der Waals surface area contributed by atoms with E-state index in [2.05, 4.69) is 45.2 Å². The van der Waals surface area contributed by atoms with Gasteiger partial charge in [0.05, 0.1) is 0 Å². The fourth-order valence-electron chi connectivity index (χ4n) is 0.744. The van der Waals surface area contributed by atoms with Crippen LogP contribution >= 0.6 is 24.8 Å². The van der Waals surface area contributed by atoms with Gasteiger partial charge < -0.3 is 5.73 Å². The molecule has 107 valence electrons. The number of allylic oxidation sites excluding steroid dienone is 4. The molecule has 0 aromatic heterocycles. The van der Waals surface area contributed by atoms with E-state index in [1.54, 1.807) is 0 Å². The molecule has 0 heterocycles. The first kappa shape index (κ1) is 31.4. The number of hydrogen-bond donors (Lipinski definition) is 0. The molecule has 1 radical (unpaired) electrons. The molecule has 0 bridgehead atoms. The predicted octanol–water partition coefficient (Wildman–Crippen LogP) is 5.14. The molecule has 0 aromatic carbocycles. The molecule has 5 heteroatoms. The van der Waals surface area contributed by atoms with Crippen LogP contribution in [0.3, 0.4) is 0 Å². The second kappa shape index (κ2) is 18.0. The SMILES string of the molecule is CC(C)(C)[NH-].CC1=[C-]C(C)C=C1.C[SiH]C.Cl.Cl.[Ti+2]. The summed E-state index contributed by atoms with van der Waals surface area (Å²) in [5, 5.41) is 0. The van der Waals surface area contributed by atoms with E-state index >= 15 is 0 Å². The van der Waals surface area contributed by atoms with Crippen LogP contribution in [0.2, 0.25) is 13.1 Å². The fourth-order valence-corrected chi connectivity index (χ4v) is 0.744. The zero-order chi connectivity index (χ0) is 12.5. The summed E-state index contributed by atoms with van der Waals surface area (Å²) in [4.78, 5) is 0. The van der Waals surface area contributed by atoms with E-state index in [0.29, 0.717) is 5.92 Å². The molecule has 1 unspecified atom stereocenters. The van der Waals surface area contributed by atoms with Crippen molar-refractivity contribution in [2.75, 3.05) is 0 Å². The first-order chi connectivity index (χ1) is 6.70. The first-order valence-corrected chi connectivity index (χ1v) is 7.79. The van der Waals surface area contributed by atoms with Gasteiger partial charge in [-0.05, 0) is 0 Å². The summed E-state index contributed by atoms with van der Waals surface area (Å²) in [6.45, 7) is 14.2. The van der Waals surface area contributed by atoms with Crippen LogP contribution in [0.15, 0.2) is 17.7 Å². The van der Waals surface area contributed by atoms with E-state index in [1.165, 1.54) is 5.57 Å². The van der Waals surface area contributed by atoms with E-state index in [4.69, 9.17) is 5.73 Å². The Bertz CT molecular complexity index is 208. The molecule has 0 saturated carbocycles. The minimum atomic E-state index is -0.250. The third-order valence-corrected chi connectivity index (χ3v) is 1.09. The van der Waals surface area contributed by atoms with E-state index < -0.39 is 0 Å². The normalized spacial score (nSPS) is 15.3. The van der Waals surface area contributed by atoms with Crippen LogP contribution in [0, 0.1) is 12.0 Å². The van der Waals surface area contributed by atoms with Crippen molar-refractivity contribution in [1.82, 2.24) is 0 Å². The third-order valence-electron chi connectivity index (χ3n) is 1.09. The molecule has 0 aliphatic heterocycles. The Morgan fingerprint density at radius 3 is 1.56 bits per heavy atom. The molecular weight excluding hydrogens is 317 g/mol. The van der Waals surface area contributed by atoms with Gasteiger partial charge in [0.1, 0.15) is 0 Å². The quantitative estimate of drug-likeness (QED) is 0.429. The Balaban J connectivity index is -0.0000000467. The largest absolute Gasteiger partial charge is 2.00 e. The Kier molecular flexibility index (Phi) is 31.3. The van der Waals surface area contributed by atoms with Gasteiger partial charge >= 0.3 is 21.7 Å². The number of rotatable bonds is 0.